The molecule has 0 unspecified atom stereocenters. The van der Waals surface area contributed by atoms with Crippen LogP contribution in [-0.2, 0) is 9.59 Å². The molecule has 2 aromatic carbocycles. The fourth-order valence-corrected chi connectivity index (χ4v) is 3.73. The lowest BCUT2D eigenvalue weighted by molar-refractivity contribution is -0.123. The highest BCUT2D eigenvalue weighted by Crippen LogP contribution is 2.27. The van der Waals surface area contributed by atoms with Gasteiger partial charge in [0, 0.05) is 26.2 Å². The first-order chi connectivity index (χ1) is 12.6. The topological polar surface area (TPSA) is 43.9 Å². The van der Waals surface area contributed by atoms with E-state index in [0.717, 1.165) is 0 Å². The molecule has 6 heteroatoms. The second-order valence-corrected chi connectivity index (χ2v) is 6.60. The van der Waals surface area contributed by atoms with Crippen molar-refractivity contribution in [3.05, 3.63) is 60.4 Å². The van der Waals surface area contributed by atoms with E-state index in [-0.39, 0.29) is 24.1 Å². The molecule has 2 amide bonds. The van der Waals surface area contributed by atoms with Crippen LogP contribution in [0.2, 0.25) is 0 Å². The number of carbonyl (C=O) groups excluding carboxylic acids is 2. The molecule has 2 fully saturated rings. The predicted octanol–water partition coefficient (Wildman–Crippen LogP) is 2.28. The molecule has 2 saturated heterocycles. The second-order valence-electron chi connectivity index (χ2n) is 6.60. The van der Waals surface area contributed by atoms with E-state index in [1.165, 1.54) is 11.0 Å². The van der Waals surface area contributed by atoms with Crippen molar-refractivity contribution in [2.24, 2.45) is 0 Å². The first-order valence-electron chi connectivity index (χ1n) is 8.80. The van der Waals surface area contributed by atoms with Gasteiger partial charge in [0.05, 0.1) is 23.8 Å². The molecule has 0 radical (unpaired) electrons. The van der Waals surface area contributed by atoms with Crippen molar-refractivity contribution in [2.75, 3.05) is 36.0 Å². The molecule has 26 heavy (non-hydrogen) atoms. The third-order valence-electron chi connectivity index (χ3n) is 5.09. The van der Waals surface area contributed by atoms with Crippen molar-refractivity contribution in [1.82, 2.24) is 4.90 Å². The van der Waals surface area contributed by atoms with Crippen LogP contribution < -0.4 is 9.80 Å². The van der Waals surface area contributed by atoms with Gasteiger partial charge in [-0.2, -0.15) is 0 Å². The minimum Gasteiger partial charge on any atom is -0.367 e. The Balaban J connectivity index is 1.44. The first-order valence-corrected chi connectivity index (χ1v) is 8.80. The fourth-order valence-electron chi connectivity index (χ4n) is 3.73. The van der Waals surface area contributed by atoms with Crippen molar-refractivity contribution in [3.8, 4) is 0 Å². The molecule has 2 heterocycles. The van der Waals surface area contributed by atoms with Gasteiger partial charge in [0.2, 0.25) is 5.91 Å². The molecule has 0 aliphatic carbocycles. The minimum absolute atomic E-state index is 0.164. The standard InChI is InChI=1S/C20H20FN3O2/c21-16-8-4-5-9-17(16)22-10-12-23(13-11-22)18-14-19(25)24(20(18)26)15-6-2-1-3-7-15/h1-9,18H,10-14H2/t18-/m1/s1. The number of anilines is 2. The van der Waals surface area contributed by atoms with Crippen LogP contribution in [0.1, 0.15) is 6.42 Å². The summed E-state index contributed by atoms with van der Waals surface area (Å²) < 4.78 is 14.0. The van der Waals surface area contributed by atoms with Crippen molar-refractivity contribution in [3.63, 3.8) is 0 Å². The summed E-state index contributed by atoms with van der Waals surface area (Å²) in [7, 11) is 0. The highest BCUT2D eigenvalue weighted by Gasteiger charge is 2.43. The third kappa shape index (κ3) is 2.97. The highest BCUT2D eigenvalue weighted by molar-refractivity contribution is 6.22. The Hall–Kier alpha value is -2.73. The fraction of sp³-hybridized carbons (Fsp3) is 0.300. The monoisotopic (exact) mass is 353 g/mol. The third-order valence-corrected chi connectivity index (χ3v) is 5.09. The summed E-state index contributed by atoms with van der Waals surface area (Å²) >= 11 is 0. The van der Waals surface area contributed by atoms with Gasteiger partial charge in [0.25, 0.3) is 5.91 Å². The Kier molecular flexibility index (Phi) is 4.42. The number of nitrogens with zero attached hydrogens (tertiary/aromatic N) is 3. The summed E-state index contributed by atoms with van der Waals surface area (Å²) in [4.78, 5) is 30.5. The van der Waals surface area contributed by atoms with Crippen LogP contribution in [0.3, 0.4) is 0 Å². The molecule has 2 aromatic rings. The normalized spacial score (nSPS) is 21.5. The number of imide groups is 1. The van der Waals surface area contributed by atoms with E-state index >= 15 is 0 Å². The van der Waals surface area contributed by atoms with Crippen LogP contribution in [0.25, 0.3) is 0 Å². The van der Waals surface area contributed by atoms with Gasteiger partial charge in [-0.05, 0) is 24.3 Å². The number of piperazine rings is 1. The van der Waals surface area contributed by atoms with Gasteiger partial charge in [-0.3, -0.25) is 14.5 Å². The van der Waals surface area contributed by atoms with Gasteiger partial charge in [-0.1, -0.05) is 30.3 Å². The van der Waals surface area contributed by atoms with Gasteiger partial charge < -0.3 is 4.90 Å². The number of carbonyl (C=O) groups is 2. The zero-order valence-corrected chi connectivity index (χ0v) is 14.3. The van der Waals surface area contributed by atoms with E-state index in [1.807, 2.05) is 34.1 Å². The van der Waals surface area contributed by atoms with Crippen molar-refractivity contribution < 1.29 is 14.0 Å². The van der Waals surface area contributed by atoms with Crippen LogP contribution >= 0.6 is 0 Å². The number of benzene rings is 2. The Bertz CT molecular complexity index is 819. The summed E-state index contributed by atoms with van der Waals surface area (Å²) in [6, 6.07) is 15.3. The van der Waals surface area contributed by atoms with Gasteiger partial charge in [-0.15, -0.1) is 0 Å². The lowest BCUT2D eigenvalue weighted by Gasteiger charge is -2.38. The average molecular weight is 353 g/mol. The Morgan fingerprint density at radius 3 is 2.19 bits per heavy atom. The van der Waals surface area contributed by atoms with Gasteiger partial charge >= 0.3 is 0 Å². The summed E-state index contributed by atoms with van der Waals surface area (Å²) in [5, 5.41) is 0. The number of hydrogen-bond donors (Lipinski definition) is 0. The van der Waals surface area contributed by atoms with E-state index in [9.17, 15) is 14.0 Å². The first kappa shape index (κ1) is 16.7. The Morgan fingerprint density at radius 1 is 0.846 bits per heavy atom. The maximum absolute atomic E-state index is 14.0. The maximum atomic E-state index is 14.0. The van der Waals surface area contributed by atoms with E-state index in [0.29, 0.717) is 37.6 Å². The second kappa shape index (κ2) is 6.88. The van der Waals surface area contributed by atoms with E-state index in [1.54, 1.807) is 24.3 Å². The molecular weight excluding hydrogens is 333 g/mol. The Morgan fingerprint density at radius 2 is 1.50 bits per heavy atom. The number of amides is 2. The maximum Gasteiger partial charge on any atom is 0.251 e. The molecule has 0 bridgehead atoms. The predicted molar refractivity (Wildman–Crippen MR) is 97.5 cm³/mol. The summed E-state index contributed by atoms with van der Waals surface area (Å²) in [6.45, 7) is 2.51. The zero-order chi connectivity index (χ0) is 18.1. The van der Waals surface area contributed by atoms with E-state index in [4.69, 9.17) is 0 Å². The van der Waals surface area contributed by atoms with Gasteiger partial charge in [-0.25, -0.2) is 9.29 Å². The summed E-state index contributed by atoms with van der Waals surface area (Å²) in [6.07, 6.45) is 0.202. The molecule has 0 saturated carbocycles. The number of halogens is 1. The summed E-state index contributed by atoms with van der Waals surface area (Å²) in [5.41, 5.74) is 1.21. The SMILES string of the molecule is O=C1C[C@@H](N2CCN(c3ccccc3F)CC2)C(=O)N1c1ccccc1. The molecular formula is C20H20FN3O2. The van der Waals surface area contributed by atoms with Crippen LogP contribution in [0, 0.1) is 5.82 Å². The molecule has 0 spiro atoms. The molecule has 2 aliphatic heterocycles. The number of rotatable bonds is 3. The minimum atomic E-state index is -0.425. The van der Waals surface area contributed by atoms with E-state index < -0.39 is 6.04 Å². The number of hydrogen-bond acceptors (Lipinski definition) is 4. The van der Waals surface area contributed by atoms with Crippen LogP contribution in [0.15, 0.2) is 54.6 Å². The van der Waals surface area contributed by atoms with Gasteiger partial charge in [0.15, 0.2) is 0 Å². The average Bonchev–Trinajstić information content (AvgIpc) is 2.97. The molecule has 5 nitrogen and oxygen atoms in total. The van der Waals surface area contributed by atoms with Crippen molar-refractivity contribution in [2.45, 2.75) is 12.5 Å². The lowest BCUT2D eigenvalue weighted by Crippen LogP contribution is -2.52. The molecule has 4 rings (SSSR count). The summed E-state index contributed by atoms with van der Waals surface area (Å²) in [5.74, 6) is -0.563. The van der Waals surface area contributed by atoms with E-state index in [2.05, 4.69) is 0 Å². The highest BCUT2D eigenvalue weighted by atomic mass is 19.1. The van der Waals surface area contributed by atoms with Crippen LogP contribution in [-0.4, -0.2) is 48.9 Å². The smallest absolute Gasteiger partial charge is 0.251 e. The quantitative estimate of drug-likeness (QED) is 0.794. The number of para-hydroxylation sites is 2. The zero-order valence-electron chi connectivity index (χ0n) is 14.3. The molecule has 134 valence electrons. The molecule has 0 aromatic heterocycles. The molecule has 0 N–H and O–H groups in total. The largest absolute Gasteiger partial charge is 0.367 e. The van der Waals surface area contributed by atoms with Crippen LogP contribution in [0.4, 0.5) is 15.8 Å². The van der Waals surface area contributed by atoms with Gasteiger partial charge in [0.1, 0.15) is 5.82 Å². The Labute approximate surface area is 151 Å². The van der Waals surface area contributed by atoms with Crippen molar-refractivity contribution >= 4 is 23.2 Å². The molecule has 2 aliphatic rings. The molecule has 1 atom stereocenters. The lowest BCUT2D eigenvalue weighted by atomic mass is 10.1. The van der Waals surface area contributed by atoms with Crippen LogP contribution in [0.5, 0.6) is 0 Å². The van der Waals surface area contributed by atoms with Crippen molar-refractivity contribution in [1.29, 1.82) is 0 Å².